The summed E-state index contributed by atoms with van der Waals surface area (Å²) in [5, 5.41) is 1.34. The standard InChI is InChI=1S/C24H23ClN2O5S/c1-13-6-7-16(25)15(8-13)14(2)32-21-11-22(33-23(21)24(28)31-5)27-12-26-17-9-19(29-3)20(30-4)10-18(17)27/h6-12,14H,1-5H3. The quantitative estimate of drug-likeness (QED) is 0.299. The Balaban J connectivity index is 1.77. The van der Waals surface area contributed by atoms with E-state index in [1.807, 2.05) is 42.7 Å². The highest BCUT2D eigenvalue weighted by Gasteiger charge is 2.23. The summed E-state index contributed by atoms with van der Waals surface area (Å²) in [6, 6.07) is 11.2. The van der Waals surface area contributed by atoms with Gasteiger partial charge in [-0.3, -0.25) is 4.57 Å². The first-order chi connectivity index (χ1) is 15.9. The van der Waals surface area contributed by atoms with Gasteiger partial charge in [0.25, 0.3) is 0 Å². The van der Waals surface area contributed by atoms with E-state index in [1.165, 1.54) is 18.4 Å². The van der Waals surface area contributed by atoms with Gasteiger partial charge in [0.05, 0.1) is 32.4 Å². The van der Waals surface area contributed by atoms with Crippen LogP contribution < -0.4 is 14.2 Å². The van der Waals surface area contributed by atoms with Gasteiger partial charge in [-0.1, -0.05) is 29.3 Å². The number of rotatable bonds is 7. The molecule has 0 aliphatic rings. The molecule has 4 rings (SSSR count). The molecule has 0 spiro atoms. The number of ether oxygens (including phenoxy) is 4. The molecule has 0 fully saturated rings. The van der Waals surface area contributed by atoms with E-state index in [9.17, 15) is 4.79 Å². The minimum atomic E-state index is -0.479. The summed E-state index contributed by atoms with van der Waals surface area (Å²) in [6.45, 7) is 3.88. The molecule has 0 N–H and O–H groups in total. The minimum Gasteiger partial charge on any atom is -0.493 e. The lowest BCUT2D eigenvalue weighted by Gasteiger charge is -2.17. The van der Waals surface area contributed by atoms with Crippen molar-refractivity contribution in [3.8, 4) is 22.2 Å². The van der Waals surface area contributed by atoms with Crippen LogP contribution >= 0.6 is 22.9 Å². The first kappa shape index (κ1) is 22.9. The number of fused-ring (bicyclic) bond motifs is 1. The number of esters is 1. The SMILES string of the molecule is COC(=O)c1sc(-n2cnc3cc(OC)c(OC)cc32)cc1OC(C)c1cc(C)ccc1Cl. The van der Waals surface area contributed by atoms with Crippen molar-refractivity contribution in [3.05, 3.63) is 63.8 Å². The van der Waals surface area contributed by atoms with E-state index in [0.29, 0.717) is 27.1 Å². The van der Waals surface area contributed by atoms with Gasteiger partial charge >= 0.3 is 5.97 Å². The van der Waals surface area contributed by atoms with Crippen molar-refractivity contribution < 1.29 is 23.7 Å². The molecule has 33 heavy (non-hydrogen) atoms. The van der Waals surface area contributed by atoms with Crippen LogP contribution in [-0.2, 0) is 4.74 Å². The summed E-state index contributed by atoms with van der Waals surface area (Å²) in [7, 11) is 4.50. The van der Waals surface area contributed by atoms with Crippen LogP contribution in [0.4, 0.5) is 0 Å². The maximum atomic E-state index is 12.5. The van der Waals surface area contributed by atoms with Gasteiger partial charge in [0, 0.05) is 28.8 Å². The second-order valence-electron chi connectivity index (χ2n) is 7.37. The molecule has 2 aromatic heterocycles. The van der Waals surface area contributed by atoms with E-state index < -0.39 is 5.97 Å². The largest absolute Gasteiger partial charge is 0.493 e. The van der Waals surface area contributed by atoms with Crippen molar-refractivity contribution in [2.45, 2.75) is 20.0 Å². The lowest BCUT2D eigenvalue weighted by molar-refractivity contribution is 0.0600. The highest BCUT2D eigenvalue weighted by Crippen LogP contribution is 2.39. The number of aryl methyl sites for hydroxylation is 1. The summed E-state index contributed by atoms with van der Waals surface area (Å²) in [5.74, 6) is 1.10. The number of methoxy groups -OCH3 is 3. The third kappa shape index (κ3) is 4.36. The number of halogens is 1. The fraction of sp³-hybridized carbons (Fsp3) is 0.250. The predicted molar refractivity (Wildman–Crippen MR) is 129 cm³/mol. The second-order valence-corrected chi connectivity index (χ2v) is 8.80. The zero-order valence-corrected chi connectivity index (χ0v) is 20.4. The first-order valence-corrected chi connectivity index (χ1v) is 11.3. The summed E-state index contributed by atoms with van der Waals surface area (Å²) < 4.78 is 23.9. The van der Waals surface area contributed by atoms with Crippen LogP contribution in [0.3, 0.4) is 0 Å². The van der Waals surface area contributed by atoms with Gasteiger partial charge in [0.2, 0.25) is 0 Å². The number of carbonyl (C=O) groups excluding carboxylic acids is 1. The van der Waals surface area contributed by atoms with Crippen LogP contribution in [0.1, 0.15) is 33.8 Å². The van der Waals surface area contributed by atoms with Crippen molar-refractivity contribution in [3.63, 3.8) is 0 Å². The average Bonchev–Trinajstić information content (AvgIpc) is 3.42. The molecule has 172 valence electrons. The minimum absolute atomic E-state index is 0.352. The Morgan fingerprint density at radius 2 is 1.79 bits per heavy atom. The van der Waals surface area contributed by atoms with Crippen molar-refractivity contribution in [1.82, 2.24) is 9.55 Å². The van der Waals surface area contributed by atoms with Crippen LogP contribution in [0.2, 0.25) is 5.02 Å². The highest BCUT2D eigenvalue weighted by molar-refractivity contribution is 7.16. The number of nitrogens with zero attached hydrogens (tertiary/aromatic N) is 2. The molecule has 0 saturated heterocycles. The van der Waals surface area contributed by atoms with Crippen LogP contribution in [-0.4, -0.2) is 36.8 Å². The number of imidazole rings is 1. The number of benzene rings is 2. The molecular formula is C24H23ClN2O5S. The lowest BCUT2D eigenvalue weighted by atomic mass is 10.1. The van der Waals surface area contributed by atoms with E-state index in [2.05, 4.69) is 4.98 Å². The Morgan fingerprint density at radius 1 is 1.06 bits per heavy atom. The maximum Gasteiger partial charge on any atom is 0.351 e. The van der Waals surface area contributed by atoms with Crippen LogP contribution in [0.15, 0.2) is 42.7 Å². The molecule has 9 heteroatoms. The molecule has 0 amide bonds. The topological polar surface area (TPSA) is 71.8 Å². The molecule has 4 aromatic rings. The summed E-state index contributed by atoms with van der Waals surface area (Å²) >= 11 is 7.64. The number of hydrogen-bond donors (Lipinski definition) is 0. The van der Waals surface area contributed by atoms with Crippen LogP contribution in [0.25, 0.3) is 16.0 Å². The molecule has 2 aromatic carbocycles. The monoisotopic (exact) mass is 486 g/mol. The molecule has 1 atom stereocenters. The molecule has 0 aliphatic heterocycles. The van der Waals surface area contributed by atoms with Gasteiger partial charge < -0.3 is 18.9 Å². The van der Waals surface area contributed by atoms with E-state index >= 15 is 0 Å². The van der Waals surface area contributed by atoms with Gasteiger partial charge in [-0.25, -0.2) is 9.78 Å². The fourth-order valence-corrected chi connectivity index (χ4v) is 4.81. The number of carbonyl (C=O) groups is 1. The predicted octanol–water partition coefficient (Wildman–Crippen LogP) is 5.99. The smallest absolute Gasteiger partial charge is 0.351 e. The molecule has 0 saturated carbocycles. The number of aromatic nitrogens is 2. The molecule has 1 unspecified atom stereocenters. The van der Waals surface area contributed by atoms with Gasteiger partial charge in [-0.15, -0.1) is 11.3 Å². The first-order valence-electron chi connectivity index (χ1n) is 10.1. The van der Waals surface area contributed by atoms with Gasteiger partial charge in [0.15, 0.2) is 16.4 Å². The summed E-state index contributed by atoms with van der Waals surface area (Å²) in [4.78, 5) is 17.3. The Hall–Kier alpha value is -3.23. The average molecular weight is 487 g/mol. The third-order valence-corrected chi connectivity index (χ3v) is 6.68. The van der Waals surface area contributed by atoms with E-state index in [0.717, 1.165) is 27.2 Å². The second kappa shape index (κ2) is 9.33. The zero-order chi connectivity index (χ0) is 23.7. The van der Waals surface area contributed by atoms with Gasteiger partial charge in [0.1, 0.15) is 23.2 Å². The molecular weight excluding hydrogens is 464 g/mol. The molecule has 0 radical (unpaired) electrons. The fourth-order valence-electron chi connectivity index (χ4n) is 3.54. The van der Waals surface area contributed by atoms with E-state index in [4.69, 9.17) is 30.5 Å². The highest BCUT2D eigenvalue weighted by atomic mass is 35.5. The molecule has 7 nitrogen and oxygen atoms in total. The summed E-state index contributed by atoms with van der Waals surface area (Å²) in [5.41, 5.74) is 3.43. The van der Waals surface area contributed by atoms with Gasteiger partial charge in [-0.2, -0.15) is 0 Å². The zero-order valence-electron chi connectivity index (χ0n) is 18.8. The van der Waals surface area contributed by atoms with E-state index in [-0.39, 0.29) is 6.10 Å². The Kier molecular flexibility index (Phi) is 6.49. The molecule has 0 bridgehead atoms. The molecule has 0 aliphatic carbocycles. The van der Waals surface area contributed by atoms with Crippen LogP contribution in [0, 0.1) is 6.92 Å². The van der Waals surface area contributed by atoms with Gasteiger partial charge in [-0.05, 0) is 19.9 Å². The number of thiophene rings is 1. The Bertz CT molecular complexity index is 1330. The van der Waals surface area contributed by atoms with Crippen molar-refractivity contribution in [1.29, 1.82) is 0 Å². The van der Waals surface area contributed by atoms with Crippen molar-refractivity contribution in [2.24, 2.45) is 0 Å². The Morgan fingerprint density at radius 3 is 2.48 bits per heavy atom. The van der Waals surface area contributed by atoms with Crippen molar-refractivity contribution >= 4 is 39.9 Å². The number of hydrogen-bond acceptors (Lipinski definition) is 7. The third-order valence-electron chi connectivity index (χ3n) is 5.24. The maximum absolute atomic E-state index is 12.5. The lowest BCUT2D eigenvalue weighted by Crippen LogP contribution is -2.07. The van der Waals surface area contributed by atoms with Crippen LogP contribution in [0.5, 0.6) is 17.2 Å². The van der Waals surface area contributed by atoms with E-state index in [1.54, 1.807) is 32.7 Å². The summed E-state index contributed by atoms with van der Waals surface area (Å²) in [6.07, 6.45) is 1.30. The normalized spacial score (nSPS) is 11.9. The van der Waals surface area contributed by atoms with Crippen molar-refractivity contribution in [2.75, 3.05) is 21.3 Å². The Labute approximate surface area is 200 Å². The molecule has 2 heterocycles.